The van der Waals surface area contributed by atoms with Gasteiger partial charge in [0, 0.05) is 25.7 Å². The van der Waals surface area contributed by atoms with Crippen LogP contribution in [0, 0.1) is 6.92 Å². The minimum Gasteiger partial charge on any atom is -0.475 e. The summed E-state index contributed by atoms with van der Waals surface area (Å²) in [5, 5.41) is 11.5. The molecular weight excluding hydrogens is 264 g/mol. The van der Waals surface area contributed by atoms with E-state index in [-0.39, 0.29) is 17.7 Å². The number of carbonyl (C=O) groups is 2. The Labute approximate surface area is 116 Å². The molecule has 2 rings (SSSR count). The van der Waals surface area contributed by atoms with Crippen molar-refractivity contribution in [3.8, 4) is 0 Å². The van der Waals surface area contributed by atoms with Crippen LogP contribution in [0.3, 0.4) is 0 Å². The second-order valence-electron chi connectivity index (χ2n) is 4.67. The molecule has 1 atom stereocenters. The smallest absolute Gasteiger partial charge is 0.371 e. The summed E-state index contributed by atoms with van der Waals surface area (Å²) in [6.07, 6.45) is 0. The molecule has 1 amide bonds. The number of aromatic carboxylic acids is 1. The maximum Gasteiger partial charge on any atom is 0.371 e. The third kappa shape index (κ3) is 3.00. The minimum atomic E-state index is -1.09. The Hall–Kier alpha value is -1.86. The van der Waals surface area contributed by atoms with Crippen molar-refractivity contribution in [3.63, 3.8) is 0 Å². The molecule has 2 heterocycles. The van der Waals surface area contributed by atoms with Crippen LogP contribution in [0.2, 0.25) is 0 Å². The molecule has 7 heteroatoms. The molecule has 1 aliphatic heterocycles. The second-order valence-corrected chi connectivity index (χ2v) is 4.67. The lowest BCUT2D eigenvalue weighted by Gasteiger charge is -2.34. The van der Waals surface area contributed by atoms with E-state index in [1.54, 1.807) is 14.0 Å². The predicted molar refractivity (Wildman–Crippen MR) is 69.5 cm³/mol. The van der Waals surface area contributed by atoms with Crippen LogP contribution >= 0.6 is 0 Å². The van der Waals surface area contributed by atoms with Crippen LogP contribution in [-0.2, 0) is 16.1 Å². The molecule has 0 aromatic carbocycles. The number of likely N-dealkylation sites (N-methyl/N-ethyl adjacent to an activating group) is 1. The van der Waals surface area contributed by atoms with E-state index in [9.17, 15) is 9.59 Å². The minimum absolute atomic E-state index is 0.0812. The van der Waals surface area contributed by atoms with Crippen molar-refractivity contribution in [2.45, 2.75) is 19.5 Å². The highest BCUT2D eigenvalue weighted by atomic mass is 16.5. The lowest BCUT2D eigenvalue weighted by atomic mass is 10.1. The van der Waals surface area contributed by atoms with E-state index in [1.165, 1.54) is 6.07 Å². The van der Waals surface area contributed by atoms with Crippen molar-refractivity contribution in [3.05, 3.63) is 23.2 Å². The van der Waals surface area contributed by atoms with Crippen molar-refractivity contribution in [1.82, 2.24) is 10.2 Å². The van der Waals surface area contributed by atoms with Crippen LogP contribution in [0.15, 0.2) is 10.5 Å². The zero-order chi connectivity index (χ0) is 14.7. The standard InChI is InChI=1S/C13H18N2O5/c1-8-9(5-11(20-8)13(17)18)6-15-3-4-19-7-10(15)12(16)14-2/h5,10H,3-4,6-7H2,1-2H3,(H,14,16)(H,17,18). The van der Waals surface area contributed by atoms with Gasteiger partial charge < -0.3 is 19.6 Å². The fourth-order valence-corrected chi connectivity index (χ4v) is 2.24. The number of nitrogens with zero attached hydrogens (tertiary/aromatic N) is 1. The first-order chi connectivity index (χ1) is 9.52. The highest BCUT2D eigenvalue weighted by Gasteiger charge is 2.29. The number of rotatable bonds is 4. The molecule has 0 bridgehead atoms. The van der Waals surface area contributed by atoms with E-state index >= 15 is 0 Å². The van der Waals surface area contributed by atoms with Crippen molar-refractivity contribution >= 4 is 11.9 Å². The lowest BCUT2D eigenvalue weighted by molar-refractivity contribution is -0.132. The zero-order valence-corrected chi connectivity index (χ0v) is 11.5. The van der Waals surface area contributed by atoms with Gasteiger partial charge in [0.15, 0.2) is 0 Å². The SMILES string of the molecule is CNC(=O)C1COCCN1Cc1cc(C(=O)O)oc1C. The first-order valence-corrected chi connectivity index (χ1v) is 6.39. The van der Waals surface area contributed by atoms with Crippen LogP contribution in [-0.4, -0.2) is 54.7 Å². The van der Waals surface area contributed by atoms with E-state index in [1.807, 2.05) is 4.90 Å². The Morgan fingerprint density at radius 3 is 2.90 bits per heavy atom. The third-order valence-electron chi connectivity index (χ3n) is 3.39. The number of aryl methyl sites for hydroxylation is 1. The lowest BCUT2D eigenvalue weighted by Crippen LogP contribution is -2.52. The van der Waals surface area contributed by atoms with E-state index < -0.39 is 5.97 Å². The van der Waals surface area contributed by atoms with Crippen molar-refractivity contribution in [1.29, 1.82) is 0 Å². The van der Waals surface area contributed by atoms with Gasteiger partial charge in [0.1, 0.15) is 11.8 Å². The molecule has 0 aliphatic carbocycles. The molecule has 1 saturated heterocycles. The van der Waals surface area contributed by atoms with Gasteiger partial charge in [-0.15, -0.1) is 0 Å². The summed E-state index contributed by atoms with van der Waals surface area (Å²) in [6, 6.07) is 1.14. The summed E-state index contributed by atoms with van der Waals surface area (Å²) in [4.78, 5) is 24.7. The van der Waals surface area contributed by atoms with Gasteiger partial charge in [-0.05, 0) is 13.0 Å². The van der Waals surface area contributed by atoms with Crippen LogP contribution in [0.5, 0.6) is 0 Å². The number of morpholine rings is 1. The number of amides is 1. The van der Waals surface area contributed by atoms with Crippen molar-refractivity contribution in [2.75, 3.05) is 26.8 Å². The molecule has 7 nitrogen and oxygen atoms in total. The van der Waals surface area contributed by atoms with E-state index in [2.05, 4.69) is 5.32 Å². The number of carboxylic acid groups (broad SMARTS) is 1. The fraction of sp³-hybridized carbons (Fsp3) is 0.538. The van der Waals surface area contributed by atoms with E-state index in [4.69, 9.17) is 14.3 Å². The Kier molecular flexibility index (Phi) is 4.41. The molecule has 1 aromatic heterocycles. The summed E-state index contributed by atoms with van der Waals surface area (Å²) in [6.45, 7) is 3.69. The Bertz CT molecular complexity index is 511. The average molecular weight is 282 g/mol. The third-order valence-corrected chi connectivity index (χ3v) is 3.39. The van der Waals surface area contributed by atoms with Crippen molar-refractivity contribution < 1.29 is 23.8 Å². The highest BCUT2D eigenvalue weighted by Crippen LogP contribution is 2.19. The van der Waals surface area contributed by atoms with Crippen LogP contribution in [0.1, 0.15) is 21.9 Å². The maximum absolute atomic E-state index is 11.8. The van der Waals surface area contributed by atoms with Gasteiger partial charge in [-0.3, -0.25) is 9.69 Å². The highest BCUT2D eigenvalue weighted by molar-refractivity contribution is 5.84. The first-order valence-electron chi connectivity index (χ1n) is 6.39. The summed E-state index contributed by atoms with van der Waals surface area (Å²) in [5.41, 5.74) is 0.776. The summed E-state index contributed by atoms with van der Waals surface area (Å²) in [5.74, 6) is -0.722. The number of carbonyl (C=O) groups excluding carboxylic acids is 1. The largest absolute Gasteiger partial charge is 0.475 e. The number of carboxylic acids is 1. The fourth-order valence-electron chi connectivity index (χ4n) is 2.24. The van der Waals surface area contributed by atoms with Crippen LogP contribution in [0.25, 0.3) is 0 Å². The molecule has 1 fully saturated rings. The summed E-state index contributed by atoms with van der Waals surface area (Å²) >= 11 is 0. The predicted octanol–water partition coefficient (Wildman–Crippen LogP) is 0.233. The van der Waals surface area contributed by atoms with Gasteiger partial charge in [0.25, 0.3) is 0 Å². The first kappa shape index (κ1) is 14.5. The van der Waals surface area contributed by atoms with Gasteiger partial charge in [-0.2, -0.15) is 0 Å². The normalized spacial score (nSPS) is 19.8. The topological polar surface area (TPSA) is 92.0 Å². The second kappa shape index (κ2) is 6.06. The number of furan rings is 1. The molecular formula is C13H18N2O5. The van der Waals surface area contributed by atoms with Crippen LogP contribution in [0.4, 0.5) is 0 Å². The Balaban J connectivity index is 2.14. The van der Waals surface area contributed by atoms with Gasteiger partial charge in [0.2, 0.25) is 11.7 Å². The molecule has 1 aromatic rings. The zero-order valence-electron chi connectivity index (χ0n) is 11.5. The molecule has 0 spiro atoms. The average Bonchev–Trinajstić information content (AvgIpc) is 2.80. The summed E-state index contributed by atoms with van der Waals surface area (Å²) < 4.78 is 10.5. The maximum atomic E-state index is 11.8. The number of nitrogens with one attached hydrogen (secondary N) is 1. The Morgan fingerprint density at radius 2 is 2.30 bits per heavy atom. The molecule has 1 aliphatic rings. The quantitative estimate of drug-likeness (QED) is 0.821. The van der Waals surface area contributed by atoms with E-state index in [0.717, 1.165) is 5.56 Å². The Morgan fingerprint density at radius 1 is 1.55 bits per heavy atom. The van der Waals surface area contributed by atoms with E-state index in [0.29, 0.717) is 32.1 Å². The van der Waals surface area contributed by atoms with Gasteiger partial charge in [-0.1, -0.05) is 0 Å². The van der Waals surface area contributed by atoms with Crippen molar-refractivity contribution in [2.24, 2.45) is 0 Å². The van der Waals surface area contributed by atoms with Gasteiger partial charge in [-0.25, -0.2) is 4.79 Å². The molecule has 0 radical (unpaired) electrons. The van der Waals surface area contributed by atoms with Crippen LogP contribution < -0.4 is 5.32 Å². The molecule has 0 saturated carbocycles. The number of hydrogen-bond donors (Lipinski definition) is 2. The molecule has 110 valence electrons. The molecule has 1 unspecified atom stereocenters. The van der Waals surface area contributed by atoms with Gasteiger partial charge >= 0.3 is 5.97 Å². The number of ether oxygens (including phenoxy) is 1. The summed E-state index contributed by atoms with van der Waals surface area (Å²) in [7, 11) is 1.58. The molecule has 20 heavy (non-hydrogen) atoms. The van der Waals surface area contributed by atoms with Gasteiger partial charge in [0.05, 0.1) is 13.2 Å². The monoisotopic (exact) mass is 282 g/mol. The number of hydrogen-bond acceptors (Lipinski definition) is 5. The molecule has 2 N–H and O–H groups in total.